The van der Waals surface area contributed by atoms with Gasteiger partial charge in [0.2, 0.25) is 11.6 Å². The van der Waals surface area contributed by atoms with Crippen LogP contribution >= 0.6 is 11.6 Å². The van der Waals surface area contributed by atoms with Gasteiger partial charge in [0, 0.05) is 12.1 Å². The van der Waals surface area contributed by atoms with Gasteiger partial charge in [0.25, 0.3) is 5.78 Å². The minimum absolute atomic E-state index is 0.0319. The molecule has 0 radical (unpaired) electrons. The Morgan fingerprint density at radius 1 is 1.43 bits per heavy atom. The predicted octanol–water partition coefficient (Wildman–Crippen LogP) is 2.62. The van der Waals surface area contributed by atoms with Crippen LogP contribution in [0.15, 0.2) is 30.6 Å². The second kappa shape index (κ2) is 4.94. The molecular weight excluding hydrogens is 305 g/mol. The molecular formula is C11H5ClFN5O3. The third-order valence-corrected chi connectivity index (χ3v) is 2.73. The van der Waals surface area contributed by atoms with E-state index in [1.165, 1.54) is 18.5 Å². The molecule has 10 heteroatoms. The van der Waals surface area contributed by atoms with E-state index in [2.05, 4.69) is 15.1 Å². The van der Waals surface area contributed by atoms with E-state index in [1.807, 2.05) is 0 Å². The fourth-order valence-corrected chi connectivity index (χ4v) is 1.85. The lowest BCUT2D eigenvalue weighted by molar-refractivity contribution is -0.385. The third-order valence-electron chi connectivity index (χ3n) is 2.54. The quantitative estimate of drug-likeness (QED) is 0.419. The van der Waals surface area contributed by atoms with E-state index < -0.39 is 22.2 Å². The number of rotatable bonds is 3. The highest BCUT2D eigenvalue weighted by atomic mass is 35.5. The van der Waals surface area contributed by atoms with Gasteiger partial charge in [0.15, 0.2) is 5.82 Å². The fourth-order valence-electron chi connectivity index (χ4n) is 1.68. The van der Waals surface area contributed by atoms with Crippen molar-refractivity contribution in [1.82, 2.24) is 19.6 Å². The van der Waals surface area contributed by atoms with Crippen LogP contribution in [0.5, 0.6) is 11.6 Å². The number of hydrogen-bond donors (Lipinski definition) is 0. The highest BCUT2D eigenvalue weighted by Crippen LogP contribution is 2.34. The summed E-state index contributed by atoms with van der Waals surface area (Å²) in [6, 6.07) is 4.63. The highest BCUT2D eigenvalue weighted by molar-refractivity contribution is 6.29. The number of ether oxygens (including phenoxy) is 1. The van der Waals surface area contributed by atoms with Crippen molar-refractivity contribution in [3.05, 3.63) is 51.7 Å². The topological polar surface area (TPSA) is 95.5 Å². The summed E-state index contributed by atoms with van der Waals surface area (Å²) in [5.41, 5.74) is -0.517. The molecule has 0 amide bonds. The van der Waals surface area contributed by atoms with Gasteiger partial charge in [-0.25, -0.2) is 4.39 Å². The van der Waals surface area contributed by atoms with Crippen molar-refractivity contribution >= 4 is 23.1 Å². The minimum Gasteiger partial charge on any atom is -0.428 e. The largest absolute Gasteiger partial charge is 0.428 e. The van der Waals surface area contributed by atoms with Crippen LogP contribution in [0.1, 0.15) is 0 Å². The van der Waals surface area contributed by atoms with Crippen LogP contribution in [-0.4, -0.2) is 24.5 Å². The number of para-hydroxylation sites is 1. The zero-order chi connectivity index (χ0) is 15.0. The number of halogens is 2. The van der Waals surface area contributed by atoms with E-state index in [0.29, 0.717) is 0 Å². The number of nitrogens with zero attached hydrogens (tertiary/aromatic N) is 5. The Morgan fingerprint density at radius 3 is 3.00 bits per heavy atom. The number of aromatic nitrogens is 4. The number of hydrogen-bond acceptors (Lipinski definition) is 6. The van der Waals surface area contributed by atoms with Crippen LogP contribution in [0, 0.1) is 15.9 Å². The van der Waals surface area contributed by atoms with Crippen molar-refractivity contribution in [2.24, 2.45) is 0 Å². The lowest BCUT2D eigenvalue weighted by atomic mass is 10.3. The molecule has 3 rings (SSSR count). The van der Waals surface area contributed by atoms with E-state index in [0.717, 1.165) is 16.6 Å². The van der Waals surface area contributed by atoms with Crippen LogP contribution in [-0.2, 0) is 0 Å². The van der Waals surface area contributed by atoms with Crippen LogP contribution < -0.4 is 4.74 Å². The predicted molar refractivity (Wildman–Crippen MR) is 68.9 cm³/mol. The van der Waals surface area contributed by atoms with E-state index in [1.54, 1.807) is 0 Å². The Bertz CT molecular complexity index is 853. The zero-order valence-corrected chi connectivity index (χ0v) is 10.9. The Morgan fingerprint density at radius 2 is 2.24 bits per heavy atom. The Labute approximate surface area is 120 Å². The van der Waals surface area contributed by atoms with Crippen molar-refractivity contribution in [1.29, 1.82) is 0 Å². The van der Waals surface area contributed by atoms with E-state index in [9.17, 15) is 14.5 Å². The summed E-state index contributed by atoms with van der Waals surface area (Å²) < 4.78 is 20.2. The van der Waals surface area contributed by atoms with E-state index in [-0.39, 0.29) is 16.8 Å². The molecule has 1 aromatic carbocycles. The maximum atomic E-state index is 13.8. The van der Waals surface area contributed by atoms with Gasteiger partial charge in [-0.3, -0.25) is 10.1 Å². The molecule has 0 saturated carbocycles. The summed E-state index contributed by atoms with van der Waals surface area (Å²) in [5, 5.41) is 14.8. The molecule has 2 heterocycles. The van der Waals surface area contributed by atoms with Crippen molar-refractivity contribution < 1.29 is 14.1 Å². The summed E-state index contributed by atoms with van der Waals surface area (Å²) in [7, 11) is 0. The molecule has 0 aliphatic heterocycles. The Hall–Kier alpha value is -2.81. The molecule has 3 aromatic rings. The summed E-state index contributed by atoms with van der Waals surface area (Å²) in [6.07, 6.45) is 1.20. The van der Waals surface area contributed by atoms with Gasteiger partial charge >= 0.3 is 5.69 Å². The minimum atomic E-state index is -0.884. The molecule has 0 fully saturated rings. The number of fused-ring (bicyclic) bond motifs is 1. The molecule has 0 aliphatic carbocycles. The molecule has 106 valence electrons. The van der Waals surface area contributed by atoms with Gasteiger partial charge in [0.1, 0.15) is 11.5 Å². The number of benzene rings is 1. The first-order valence-corrected chi connectivity index (χ1v) is 5.91. The molecule has 0 atom stereocenters. The van der Waals surface area contributed by atoms with Crippen molar-refractivity contribution in [2.75, 3.05) is 0 Å². The number of nitro groups is 1. The first-order chi connectivity index (χ1) is 10.1. The van der Waals surface area contributed by atoms with Gasteiger partial charge in [0.05, 0.1) is 4.92 Å². The van der Waals surface area contributed by atoms with Crippen molar-refractivity contribution in [3.8, 4) is 11.6 Å². The maximum absolute atomic E-state index is 13.8. The highest BCUT2D eigenvalue weighted by Gasteiger charge is 2.21. The molecule has 0 saturated heterocycles. The molecule has 0 N–H and O–H groups in total. The van der Waals surface area contributed by atoms with Gasteiger partial charge in [-0.1, -0.05) is 17.7 Å². The standard InChI is InChI=1S/C11H5ClFN5O3/c12-8-4-9(17-11(16-8)14-5-15-17)21-10-6(13)2-1-3-7(10)18(19)20/h1-5H. The van der Waals surface area contributed by atoms with Gasteiger partial charge < -0.3 is 4.74 Å². The molecule has 2 aromatic heterocycles. The first kappa shape index (κ1) is 13.2. The van der Waals surface area contributed by atoms with Crippen LogP contribution in [0.2, 0.25) is 5.15 Å². The Balaban J connectivity index is 2.15. The van der Waals surface area contributed by atoms with E-state index in [4.69, 9.17) is 16.3 Å². The van der Waals surface area contributed by atoms with Crippen molar-refractivity contribution in [3.63, 3.8) is 0 Å². The maximum Gasteiger partial charge on any atom is 0.314 e. The van der Waals surface area contributed by atoms with Crippen molar-refractivity contribution in [2.45, 2.75) is 0 Å². The molecule has 0 aliphatic rings. The smallest absolute Gasteiger partial charge is 0.314 e. The molecule has 0 bridgehead atoms. The Kier molecular flexibility index (Phi) is 3.10. The number of nitro benzene ring substituents is 1. The lowest BCUT2D eigenvalue weighted by Gasteiger charge is -2.08. The first-order valence-electron chi connectivity index (χ1n) is 5.53. The third kappa shape index (κ3) is 2.34. The second-order valence-corrected chi connectivity index (χ2v) is 4.22. The average molecular weight is 310 g/mol. The SMILES string of the molecule is O=[N+]([O-])c1cccc(F)c1Oc1cc(Cl)nc2ncnn12. The average Bonchev–Trinajstić information content (AvgIpc) is 2.88. The summed E-state index contributed by atoms with van der Waals surface area (Å²) in [6.45, 7) is 0. The molecule has 21 heavy (non-hydrogen) atoms. The summed E-state index contributed by atoms with van der Waals surface area (Å²) in [5.74, 6) is -1.35. The zero-order valence-electron chi connectivity index (χ0n) is 10.1. The summed E-state index contributed by atoms with van der Waals surface area (Å²) >= 11 is 5.79. The van der Waals surface area contributed by atoms with Gasteiger partial charge in [-0.05, 0) is 6.07 Å². The van der Waals surface area contributed by atoms with E-state index >= 15 is 0 Å². The van der Waals surface area contributed by atoms with Gasteiger partial charge in [-0.15, -0.1) is 0 Å². The monoisotopic (exact) mass is 309 g/mol. The van der Waals surface area contributed by atoms with Crippen LogP contribution in [0.3, 0.4) is 0 Å². The molecule has 0 unspecified atom stereocenters. The second-order valence-electron chi connectivity index (χ2n) is 3.84. The lowest BCUT2D eigenvalue weighted by Crippen LogP contribution is -2.01. The normalized spacial score (nSPS) is 10.8. The molecule has 8 nitrogen and oxygen atoms in total. The fraction of sp³-hybridized carbons (Fsp3) is 0. The van der Waals surface area contributed by atoms with Crippen LogP contribution in [0.25, 0.3) is 5.78 Å². The van der Waals surface area contributed by atoms with Gasteiger partial charge in [-0.2, -0.15) is 19.6 Å². The summed E-state index contributed by atoms with van der Waals surface area (Å²) in [4.78, 5) is 17.9. The molecule has 0 spiro atoms. The van der Waals surface area contributed by atoms with Crippen LogP contribution in [0.4, 0.5) is 10.1 Å².